The number of rotatable bonds is 7. The Morgan fingerprint density at radius 3 is 2.62 bits per heavy atom. The van der Waals surface area contributed by atoms with E-state index in [0.29, 0.717) is 4.88 Å². The Hall–Kier alpha value is -2.85. The first kappa shape index (κ1) is 17.5. The summed E-state index contributed by atoms with van der Waals surface area (Å²) in [6.45, 7) is 0.232. The molecular formula is C17H17N3O3S. The van der Waals surface area contributed by atoms with Gasteiger partial charge in [-0.15, -0.1) is 11.3 Å². The van der Waals surface area contributed by atoms with Crippen molar-refractivity contribution in [2.75, 3.05) is 6.54 Å². The highest BCUT2D eigenvalue weighted by Gasteiger charge is 2.22. The molecule has 0 radical (unpaired) electrons. The number of nitriles is 1. The molecule has 1 heterocycles. The molecule has 0 saturated heterocycles. The third-order valence-electron chi connectivity index (χ3n) is 3.28. The normalized spacial score (nSPS) is 11.3. The van der Waals surface area contributed by atoms with Gasteiger partial charge in [-0.25, -0.2) is 0 Å². The largest absolute Gasteiger partial charge is 0.508 e. The topological polar surface area (TPSA) is 102 Å². The van der Waals surface area contributed by atoms with E-state index in [1.807, 2.05) is 6.07 Å². The second-order valence-corrected chi connectivity index (χ2v) is 6.02. The van der Waals surface area contributed by atoms with Crippen LogP contribution in [-0.2, 0) is 11.2 Å². The number of carbonyl (C=O) groups is 2. The molecule has 2 aromatic rings. The van der Waals surface area contributed by atoms with Crippen LogP contribution in [0.2, 0.25) is 0 Å². The summed E-state index contributed by atoms with van der Waals surface area (Å²) in [5, 5.41) is 25.0. The lowest BCUT2D eigenvalue weighted by Gasteiger charge is -2.18. The fraction of sp³-hybridized carbons (Fsp3) is 0.235. The van der Waals surface area contributed by atoms with E-state index in [9.17, 15) is 14.7 Å². The highest BCUT2D eigenvalue weighted by atomic mass is 32.1. The van der Waals surface area contributed by atoms with Crippen LogP contribution in [0.3, 0.4) is 0 Å². The van der Waals surface area contributed by atoms with Gasteiger partial charge in [0.15, 0.2) is 0 Å². The Labute approximate surface area is 143 Å². The smallest absolute Gasteiger partial charge is 0.262 e. The molecule has 124 valence electrons. The number of carbonyl (C=O) groups excluding carboxylic acids is 2. The van der Waals surface area contributed by atoms with Gasteiger partial charge in [-0.2, -0.15) is 5.26 Å². The highest BCUT2D eigenvalue weighted by Crippen LogP contribution is 2.13. The molecule has 7 heteroatoms. The number of phenolic OH excluding ortho intramolecular Hbond substituents is 1. The molecule has 0 aliphatic heterocycles. The molecule has 24 heavy (non-hydrogen) atoms. The molecule has 0 aliphatic rings. The van der Waals surface area contributed by atoms with Crippen LogP contribution in [0, 0.1) is 11.3 Å². The van der Waals surface area contributed by atoms with Gasteiger partial charge in [0.25, 0.3) is 5.91 Å². The van der Waals surface area contributed by atoms with E-state index in [1.54, 1.807) is 29.6 Å². The minimum Gasteiger partial charge on any atom is -0.508 e. The Morgan fingerprint density at radius 2 is 2.00 bits per heavy atom. The van der Waals surface area contributed by atoms with Crippen molar-refractivity contribution in [3.05, 3.63) is 52.2 Å². The van der Waals surface area contributed by atoms with Gasteiger partial charge in [0, 0.05) is 13.0 Å². The van der Waals surface area contributed by atoms with Gasteiger partial charge in [-0.05, 0) is 29.1 Å². The average molecular weight is 343 g/mol. The minimum atomic E-state index is -0.761. The Morgan fingerprint density at radius 1 is 1.25 bits per heavy atom. The first-order chi connectivity index (χ1) is 11.6. The molecule has 2 amide bonds. The summed E-state index contributed by atoms with van der Waals surface area (Å²) in [6.07, 6.45) is 0.492. The maximum atomic E-state index is 12.3. The lowest BCUT2D eigenvalue weighted by molar-refractivity contribution is -0.122. The molecule has 0 aliphatic carbocycles. The van der Waals surface area contributed by atoms with Crippen LogP contribution in [0.4, 0.5) is 0 Å². The number of nitrogens with one attached hydrogen (secondary N) is 2. The highest BCUT2D eigenvalue weighted by molar-refractivity contribution is 7.12. The van der Waals surface area contributed by atoms with E-state index in [-0.39, 0.29) is 37.0 Å². The average Bonchev–Trinajstić information content (AvgIpc) is 3.11. The van der Waals surface area contributed by atoms with Crippen LogP contribution < -0.4 is 10.6 Å². The lowest BCUT2D eigenvalue weighted by Crippen LogP contribution is -2.48. The number of aromatic hydroxyl groups is 1. The van der Waals surface area contributed by atoms with Crippen molar-refractivity contribution < 1.29 is 14.7 Å². The molecule has 1 aromatic heterocycles. The van der Waals surface area contributed by atoms with E-state index in [4.69, 9.17) is 5.26 Å². The molecule has 0 fully saturated rings. The first-order valence-corrected chi connectivity index (χ1v) is 8.25. The van der Waals surface area contributed by atoms with Crippen molar-refractivity contribution >= 4 is 23.2 Å². The number of benzene rings is 1. The van der Waals surface area contributed by atoms with Crippen molar-refractivity contribution in [1.29, 1.82) is 5.26 Å². The Balaban J connectivity index is 2.08. The van der Waals surface area contributed by atoms with Crippen LogP contribution in [0.15, 0.2) is 41.8 Å². The van der Waals surface area contributed by atoms with Gasteiger partial charge in [0.05, 0.1) is 17.4 Å². The molecule has 3 N–H and O–H groups in total. The summed E-state index contributed by atoms with van der Waals surface area (Å²) in [4.78, 5) is 25.1. The molecule has 6 nitrogen and oxygen atoms in total. The van der Waals surface area contributed by atoms with Crippen LogP contribution in [0.25, 0.3) is 0 Å². The number of hydrogen-bond donors (Lipinski definition) is 3. The SMILES string of the molecule is N#CCCNC(=O)C(Cc1ccc(O)cc1)NC(=O)c1cccs1. The molecule has 0 bridgehead atoms. The fourth-order valence-electron chi connectivity index (χ4n) is 2.08. The second kappa shape index (κ2) is 8.70. The van der Waals surface area contributed by atoms with E-state index in [1.165, 1.54) is 23.5 Å². The van der Waals surface area contributed by atoms with Crippen molar-refractivity contribution in [2.24, 2.45) is 0 Å². The first-order valence-electron chi connectivity index (χ1n) is 7.37. The standard InChI is InChI=1S/C17H17N3O3S/c18-8-2-9-19-16(22)14(11-12-4-6-13(21)7-5-12)20-17(23)15-3-1-10-24-15/h1,3-7,10,14,21H,2,9,11H2,(H,19,22)(H,20,23). The molecule has 2 rings (SSSR count). The Kier molecular flexibility index (Phi) is 6.34. The minimum absolute atomic E-state index is 0.136. The third kappa shape index (κ3) is 5.11. The third-order valence-corrected chi connectivity index (χ3v) is 4.15. The number of phenols is 1. The van der Waals surface area contributed by atoms with Gasteiger partial charge in [-0.1, -0.05) is 18.2 Å². The molecule has 1 unspecified atom stereocenters. The fourth-order valence-corrected chi connectivity index (χ4v) is 2.71. The van der Waals surface area contributed by atoms with E-state index < -0.39 is 6.04 Å². The van der Waals surface area contributed by atoms with Crippen LogP contribution in [0.1, 0.15) is 21.7 Å². The molecular weight excluding hydrogens is 326 g/mol. The summed E-state index contributed by atoms with van der Waals surface area (Å²) in [7, 11) is 0. The predicted molar refractivity (Wildman–Crippen MR) is 90.6 cm³/mol. The van der Waals surface area contributed by atoms with Crippen molar-refractivity contribution in [3.63, 3.8) is 0 Å². The van der Waals surface area contributed by atoms with Crippen LogP contribution >= 0.6 is 11.3 Å². The van der Waals surface area contributed by atoms with E-state index >= 15 is 0 Å². The van der Waals surface area contributed by atoms with Crippen LogP contribution in [-0.4, -0.2) is 29.5 Å². The summed E-state index contributed by atoms with van der Waals surface area (Å²) in [6, 6.07) is 11.1. The maximum absolute atomic E-state index is 12.3. The second-order valence-electron chi connectivity index (χ2n) is 5.07. The van der Waals surface area contributed by atoms with Crippen molar-refractivity contribution in [1.82, 2.24) is 10.6 Å². The summed E-state index contributed by atoms with van der Waals surface area (Å²) >= 11 is 1.29. The summed E-state index contributed by atoms with van der Waals surface area (Å²) < 4.78 is 0. The number of thiophene rings is 1. The molecule has 1 aromatic carbocycles. The zero-order valence-corrected chi connectivity index (χ0v) is 13.7. The quantitative estimate of drug-likeness (QED) is 0.667. The monoisotopic (exact) mass is 343 g/mol. The van der Waals surface area contributed by atoms with E-state index in [2.05, 4.69) is 10.6 Å². The van der Waals surface area contributed by atoms with Crippen molar-refractivity contribution in [2.45, 2.75) is 18.9 Å². The Bertz CT molecular complexity index is 721. The van der Waals surface area contributed by atoms with Gasteiger partial charge in [0.2, 0.25) is 5.91 Å². The maximum Gasteiger partial charge on any atom is 0.262 e. The lowest BCUT2D eigenvalue weighted by atomic mass is 10.0. The predicted octanol–water partition coefficient (Wildman–Crippen LogP) is 1.82. The summed E-state index contributed by atoms with van der Waals surface area (Å²) in [5.41, 5.74) is 0.805. The van der Waals surface area contributed by atoms with Gasteiger partial charge < -0.3 is 15.7 Å². The zero-order chi connectivity index (χ0) is 17.4. The van der Waals surface area contributed by atoms with Gasteiger partial charge >= 0.3 is 0 Å². The number of amides is 2. The van der Waals surface area contributed by atoms with Crippen LogP contribution in [0.5, 0.6) is 5.75 Å². The van der Waals surface area contributed by atoms with E-state index in [0.717, 1.165) is 5.56 Å². The zero-order valence-electron chi connectivity index (χ0n) is 12.9. The van der Waals surface area contributed by atoms with Gasteiger partial charge in [0.1, 0.15) is 11.8 Å². The number of nitrogens with zero attached hydrogens (tertiary/aromatic N) is 1. The number of hydrogen-bond acceptors (Lipinski definition) is 5. The van der Waals surface area contributed by atoms with Gasteiger partial charge in [-0.3, -0.25) is 9.59 Å². The summed E-state index contributed by atoms with van der Waals surface area (Å²) in [5.74, 6) is -0.524. The molecule has 0 spiro atoms. The van der Waals surface area contributed by atoms with Crippen molar-refractivity contribution in [3.8, 4) is 11.8 Å². The molecule has 1 atom stereocenters. The molecule has 0 saturated carbocycles.